The van der Waals surface area contributed by atoms with Gasteiger partial charge in [0.15, 0.2) is 0 Å². The summed E-state index contributed by atoms with van der Waals surface area (Å²) in [5, 5.41) is 15.8. The number of amides is 2. The largest absolute Gasteiger partial charge is 0.393 e. The predicted octanol–water partition coefficient (Wildman–Crippen LogP) is 0.185. The molecule has 1 aromatic rings. The lowest BCUT2D eigenvalue weighted by Gasteiger charge is -2.08. The molecule has 0 aliphatic heterocycles. The molecule has 106 valence electrons. The van der Waals surface area contributed by atoms with Crippen LogP contribution in [0.2, 0.25) is 0 Å². The van der Waals surface area contributed by atoms with Crippen molar-refractivity contribution in [3.8, 4) is 0 Å². The fraction of sp³-hybridized carbons (Fsp3) is 0.333. The molecule has 0 bridgehead atoms. The first-order chi connectivity index (χ1) is 9.49. The van der Waals surface area contributed by atoms with E-state index in [0.29, 0.717) is 0 Å². The van der Waals surface area contributed by atoms with E-state index in [0.717, 1.165) is 12.8 Å². The van der Waals surface area contributed by atoms with Crippen molar-refractivity contribution in [1.82, 2.24) is 10.6 Å². The van der Waals surface area contributed by atoms with Crippen LogP contribution in [0.3, 0.4) is 0 Å². The van der Waals surface area contributed by atoms with Crippen LogP contribution in [0.5, 0.6) is 0 Å². The maximum Gasteiger partial charge on any atom is 0.292 e. The van der Waals surface area contributed by atoms with Crippen LogP contribution >= 0.6 is 0 Å². The topological polar surface area (TPSA) is 127 Å². The third-order valence-corrected chi connectivity index (χ3v) is 2.88. The second-order valence-electron chi connectivity index (χ2n) is 4.52. The predicted molar refractivity (Wildman–Crippen MR) is 71.0 cm³/mol. The Hall–Kier alpha value is -2.64. The first-order valence-corrected chi connectivity index (χ1v) is 6.09. The molecule has 0 saturated heterocycles. The number of hydrogen-bond donors (Lipinski definition) is 3. The normalized spacial score (nSPS) is 13.6. The second kappa shape index (κ2) is 5.55. The Kier molecular flexibility index (Phi) is 3.83. The molecule has 2 amide bonds. The van der Waals surface area contributed by atoms with Crippen molar-refractivity contribution in [2.75, 3.05) is 12.3 Å². The van der Waals surface area contributed by atoms with Crippen molar-refractivity contribution >= 4 is 23.2 Å². The third kappa shape index (κ3) is 3.22. The molecular formula is C12H14N4O4. The van der Waals surface area contributed by atoms with E-state index in [1.54, 1.807) is 0 Å². The Labute approximate surface area is 114 Å². The molecule has 8 nitrogen and oxygen atoms in total. The number of carbonyl (C=O) groups is 2. The number of nitrogen functional groups attached to an aromatic ring is 1. The Morgan fingerprint density at radius 3 is 2.70 bits per heavy atom. The van der Waals surface area contributed by atoms with Gasteiger partial charge in [-0.05, 0) is 18.9 Å². The van der Waals surface area contributed by atoms with Crippen molar-refractivity contribution in [3.63, 3.8) is 0 Å². The molecule has 1 saturated carbocycles. The van der Waals surface area contributed by atoms with Crippen LogP contribution in [0.15, 0.2) is 18.2 Å². The molecule has 0 unspecified atom stereocenters. The van der Waals surface area contributed by atoms with Crippen molar-refractivity contribution < 1.29 is 14.5 Å². The number of carbonyl (C=O) groups excluding carboxylic acids is 2. The van der Waals surface area contributed by atoms with Crippen molar-refractivity contribution in [3.05, 3.63) is 33.9 Å². The van der Waals surface area contributed by atoms with Crippen LogP contribution in [-0.2, 0) is 4.79 Å². The lowest BCUT2D eigenvalue weighted by atomic mass is 10.1. The molecular weight excluding hydrogens is 264 g/mol. The Morgan fingerprint density at radius 2 is 2.10 bits per heavy atom. The lowest BCUT2D eigenvalue weighted by Crippen LogP contribution is -2.38. The average Bonchev–Trinajstić information content (AvgIpc) is 3.19. The fourth-order valence-corrected chi connectivity index (χ4v) is 1.67. The van der Waals surface area contributed by atoms with Gasteiger partial charge in [-0.25, -0.2) is 0 Å². The molecule has 0 atom stereocenters. The maximum absolute atomic E-state index is 11.9. The molecule has 1 fully saturated rings. The van der Waals surface area contributed by atoms with E-state index < -0.39 is 10.8 Å². The summed E-state index contributed by atoms with van der Waals surface area (Å²) >= 11 is 0. The van der Waals surface area contributed by atoms with E-state index in [4.69, 9.17) is 5.73 Å². The van der Waals surface area contributed by atoms with Crippen molar-refractivity contribution in [2.24, 2.45) is 0 Å². The summed E-state index contributed by atoms with van der Waals surface area (Å²) in [5.41, 5.74) is 5.02. The maximum atomic E-state index is 11.9. The SMILES string of the molecule is Nc1c(C(=O)NCC(=O)NC2CC2)cccc1[N+](=O)[O-]. The lowest BCUT2D eigenvalue weighted by molar-refractivity contribution is -0.383. The number of nitrogens with one attached hydrogen (secondary N) is 2. The summed E-state index contributed by atoms with van der Waals surface area (Å²) < 4.78 is 0. The highest BCUT2D eigenvalue weighted by Crippen LogP contribution is 2.24. The van der Waals surface area contributed by atoms with Crippen LogP contribution in [0.1, 0.15) is 23.2 Å². The number of rotatable bonds is 5. The van der Waals surface area contributed by atoms with E-state index in [1.807, 2.05) is 0 Å². The molecule has 0 radical (unpaired) electrons. The quantitative estimate of drug-likeness (QED) is 0.402. The molecule has 1 aromatic carbocycles. The monoisotopic (exact) mass is 278 g/mol. The first kappa shape index (κ1) is 13.8. The number of nitrogens with two attached hydrogens (primary N) is 1. The number of benzene rings is 1. The summed E-state index contributed by atoms with van der Waals surface area (Å²) in [7, 11) is 0. The summed E-state index contributed by atoms with van der Waals surface area (Å²) in [5.74, 6) is -0.901. The van der Waals surface area contributed by atoms with Crippen LogP contribution in [0.25, 0.3) is 0 Å². The molecule has 0 spiro atoms. The molecule has 1 aliphatic carbocycles. The third-order valence-electron chi connectivity index (χ3n) is 2.88. The Balaban J connectivity index is 1.99. The minimum Gasteiger partial charge on any atom is -0.393 e. The smallest absolute Gasteiger partial charge is 0.292 e. The van der Waals surface area contributed by atoms with Crippen LogP contribution in [0.4, 0.5) is 11.4 Å². The van der Waals surface area contributed by atoms with Crippen LogP contribution in [0, 0.1) is 10.1 Å². The zero-order valence-electron chi connectivity index (χ0n) is 10.6. The number of para-hydroxylation sites is 1. The highest BCUT2D eigenvalue weighted by atomic mass is 16.6. The number of nitrogens with zero attached hydrogens (tertiary/aromatic N) is 1. The number of nitro benzene ring substituents is 1. The van der Waals surface area contributed by atoms with Crippen LogP contribution in [-0.4, -0.2) is 29.3 Å². The van der Waals surface area contributed by atoms with Gasteiger partial charge in [-0.15, -0.1) is 0 Å². The van der Waals surface area contributed by atoms with E-state index in [9.17, 15) is 19.7 Å². The molecule has 8 heteroatoms. The van der Waals surface area contributed by atoms with Crippen molar-refractivity contribution in [2.45, 2.75) is 18.9 Å². The zero-order chi connectivity index (χ0) is 14.7. The first-order valence-electron chi connectivity index (χ1n) is 6.09. The second-order valence-corrected chi connectivity index (χ2v) is 4.52. The zero-order valence-corrected chi connectivity index (χ0v) is 10.6. The Bertz CT molecular complexity index is 569. The van der Waals surface area contributed by atoms with Gasteiger partial charge in [-0.1, -0.05) is 6.07 Å². The van der Waals surface area contributed by atoms with Gasteiger partial charge < -0.3 is 16.4 Å². The summed E-state index contributed by atoms with van der Waals surface area (Å²) in [6.07, 6.45) is 1.91. The summed E-state index contributed by atoms with van der Waals surface area (Å²) in [6.45, 7) is -0.183. The van der Waals surface area contributed by atoms with Gasteiger partial charge in [0.05, 0.1) is 17.0 Å². The summed E-state index contributed by atoms with van der Waals surface area (Å²) in [6, 6.07) is 4.16. The number of anilines is 1. The molecule has 1 aliphatic rings. The Morgan fingerprint density at radius 1 is 1.40 bits per heavy atom. The molecule has 0 heterocycles. The van der Waals surface area contributed by atoms with Gasteiger partial charge in [0.25, 0.3) is 11.6 Å². The molecule has 4 N–H and O–H groups in total. The van der Waals surface area contributed by atoms with Crippen LogP contribution < -0.4 is 16.4 Å². The number of hydrogen-bond acceptors (Lipinski definition) is 5. The molecule has 20 heavy (non-hydrogen) atoms. The van der Waals surface area contributed by atoms with Gasteiger partial charge in [0.1, 0.15) is 5.69 Å². The standard InChI is InChI=1S/C12H14N4O4/c13-11-8(2-1-3-9(11)16(19)20)12(18)14-6-10(17)15-7-4-5-7/h1-3,7H,4-6,13H2,(H,14,18)(H,15,17). The molecule has 0 aromatic heterocycles. The van der Waals surface area contributed by atoms with Gasteiger partial charge >= 0.3 is 0 Å². The molecule has 2 rings (SSSR count). The van der Waals surface area contributed by atoms with Gasteiger partial charge in [0, 0.05) is 12.1 Å². The van der Waals surface area contributed by atoms with Gasteiger partial charge in [-0.3, -0.25) is 19.7 Å². The van der Waals surface area contributed by atoms with Crippen molar-refractivity contribution in [1.29, 1.82) is 0 Å². The number of nitro groups is 1. The minimum absolute atomic E-state index is 0.0154. The fourth-order valence-electron chi connectivity index (χ4n) is 1.67. The van der Waals surface area contributed by atoms with E-state index in [-0.39, 0.29) is 35.4 Å². The highest BCUT2D eigenvalue weighted by Gasteiger charge is 2.24. The van der Waals surface area contributed by atoms with Gasteiger partial charge in [-0.2, -0.15) is 0 Å². The van der Waals surface area contributed by atoms with E-state index >= 15 is 0 Å². The summed E-state index contributed by atoms with van der Waals surface area (Å²) in [4.78, 5) is 33.3. The van der Waals surface area contributed by atoms with E-state index in [1.165, 1.54) is 18.2 Å². The van der Waals surface area contributed by atoms with Gasteiger partial charge in [0.2, 0.25) is 5.91 Å². The van der Waals surface area contributed by atoms with E-state index in [2.05, 4.69) is 10.6 Å². The minimum atomic E-state index is -0.661. The average molecular weight is 278 g/mol. The highest BCUT2D eigenvalue weighted by molar-refractivity contribution is 6.02.